The minimum atomic E-state index is -0.901. The van der Waals surface area contributed by atoms with Gasteiger partial charge in [-0.15, -0.1) is 0 Å². The highest BCUT2D eigenvalue weighted by atomic mass is 35.5. The fourth-order valence-electron chi connectivity index (χ4n) is 2.24. The van der Waals surface area contributed by atoms with E-state index in [2.05, 4.69) is 10.5 Å². The third-order valence-corrected chi connectivity index (χ3v) is 4.26. The molecule has 0 radical (unpaired) electrons. The summed E-state index contributed by atoms with van der Waals surface area (Å²) in [6.07, 6.45) is -0.806. The summed E-state index contributed by atoms with van der Waals surface area (Å²) in [6.45, 7) is 0. The number of anilines is 1. The van der Waals surface area contributed by atoms with E-state index >= 15 is 0 Å². The van der Waals surface area contributed by atoms with Crippen molar-refractivity contribution in [2.75, 3.05) is 5.32 Å². The van der Waals surface area contributed by atoms with Gasteiger partial charge in [0.2, 0.25) is 6.10 Å². The average molecular weight is 388 g/mol. The molecule has 4 nitrogen and oxygen atoms in total. The molecular weight excluding hydrogens is 378 g/mol. The van der Waals surface area contributed by atoms with Crippen molar-refractivity contribution in [1.82, 2.24) is 0 Å². The number of halogens is 4. The minimum absolute atomic E-state index is 0.0949. The predicted octanol–water partition coefficient (Wildman–Crippen LogP) is 4.92. The van der Waals surface area contributed by atoms with Gasteiger partial charge in [-0.3, -0.25) is 4.79 Å². The van der Waals surface area contributed by atoms with Gasteiger partial charge in [0.05, 0.1) is 27.0 Å². The van der Waals surface area contributed by atoms with Crippen LogP contribution in [-0.2, 0) is 9.63 Å². The fourth-order valence-corrected chi connectivity index (χ4v) is 2.97. The molecule has 0 saturated heterocycles. The van der Waals surface area contributed by atoms with Crippen molar-refractivity contribution in [1.29, 1.82) is 0 Å². The molecule has 1 heterocycles. The largest absolute Gasteiger partial charge is 0.382 e. The van der Waals surface area contributed by atoms with Crippen molar-refractivity contribution >= 4 is 52.1 Å². The summed E-state index contributed by atoms with van der Waals surface area (Å²) in [6, 6.07) is 8.99. The number of carbonyl (C=O) groups is 1. The summed E-state index contributed by atoms with van der Waals surface area (Å²) in [4.78, 5) is 17.4. The summed E-state index contributed by atoms with van der Waals surface area (Å²) < 4.78 is 13.9. The molecule has 2 aromatic carbocycles. The van der Waals surface area contributed by atoms with Crippen LogP contribution in [0.5, 0.6) is 0 Å². The van der Waals surface area contributed by atoms with Gasteiger partial charge < -0.3 is 10.2 Å². The van der Waals surface area contributed by atoms with Crippen LogP contribution in [0.25, 0.3) is 0 Å². The second kappa shape index (κ2) is 6.97. The molecule has 1 N–H and O–H groups in total. The van der Waals surface area contributed by atoms with E-state index in [-0.39, 0.29) is 22.7 Å². The molecule has 2 aromatic rings. The molecule has 1 aliphatic rings. The third-order valence-electron chi connectivity index (χ3n) is 3.40. The van der Waals surface area contributed by atoms with Crippen LogP contribution >= 0.6 is 34.8 Å². The molecule has 0 aromatic heterocycles. The monoisotopic (exact) mass is 386 g/mol. The molecule has 0 saturated carbocycles. The van der Waals surface area contributed by atoms with E-state index in [9.17, 15) is 9.18 Å². The molecular formula is C16H10Cl3FN2O2. The summed E-state index contributed by atoms with van der Waals surface area (Å²) in [5, 5.41) is 7.37. The summed E-state index contributed by atoms with van der Waals surface area (Å²) in [5.41, 5.74) is 0.812. The lowest BCUT2D eigenvalue weighted by molar-refractivity contribution is -0.125. The normalized spacial score (nSPS) is 16.5. The number of nitrogens with one attached hydrogen (secondary N) is 1. The number of rotatable bonds is 3. The summed E-state index contributed by atoms with van der Waals surface area (Å²) in [7, 11) is 0. The van der Waals surface area contributed by atoms with Crippen molar-refractivity contribution in [2.24, 2.45) is 5.16 Å². The van der Waals surface area contributed by atoms with E-state index in [1.807, 2.05) is 0 Å². The van der Waals surface area contributed by atoms with Crippen LogP contribution in [0, 0.1) is 5.82 Å². The van der Waals surface area contributed by atoms with Crippen LogP contribution < -0.4 is 5.32 Å². The number of nitrogens with zero attached hydrogens (tertiary/aromatic N) is 1. The minimum Gasteiger partial charge on any atom is -0.382 e. The first-order chi connectivity index (χ1) is 11.5. The first-order valence-electron chi connectivity index (χ1n) is 6.88. The van der Waals surface area contributed by atoms with Crippen molar-refractivity contribution in [3.05, 3.63) is 62.8 Å². The zero-order chi connectivity index (χ0) is 17.3. The van der Waals surface area contributed by atoms with Gasteiger partial charge in [0.25, 0.3) is 5.91 Å². The predicted molar refractivity (Wildman–Crippen MR) is 92.5 cm³/mol. The van der Waals surface area contributed by atoms with Crippen LogP contribution in [-0.4, -0.2) is 17.7 Å². The van der Waals surface area contributed by atoms with Crippen LogP contribution in [0.3, 0.4) is 0 Å². The number of hydrogen-bond acceptors (Lipinski definition) is 3. The molecule has 0 bridgehead atoms. The van der Waals surface area contributed by atoms with Gasteiger partial charge in [-0.1, -0.05) is 46.0 Å². The Bertz CT molecular complexity index is 822. The lowest BCUT2D eigenvalue weighted by atomic mass is 10.0. The Labute approximate surface area is 152 Å². The van der Waals surface area contributed by atoms with Crippen LogP contribution in [0.15, 0.2) is 41.6 Å². The van der Waals surface area contributed by atoms with E-state index < -0.39 is 17.8 Å². The Morgan fingerprint density at radius 2 is 2.00 bits per heavy atom. The van der Waals surface area contributed by atoms with Gasteiger partial charge in [0.15, 0.2) is 0 Å². The zero-order valence-corrected chi connectivity index (χ0v) is 14.3. The second-order valence-electron chi connectivity index (χ2n) is 5.05. The van der Waals surface area contributed by atoms with Gasteiger partial charge in [-0.25, -0.2) is 4.39 Å². The molecule has 0 aliphatic carbocycles. The first-order valence-corrected chi connectivity index (χ1v) is 8.02. The number of benzene rings is 2. The molecule has 8 heteroatoms. The van der Waals surface area contributed by atoms with Gasteiger partial charge in [0.1, 0.15) is 5.82 Å². The van der Waals surface area contributed by atoms with Gasteiger partial charge in [-0.2, -0.15) is 0 Å². The number of amides is 1. The number of hydrogen-bond donors (Lipinski definition) is 1. The highest BCUT2D eigenvalue weighted by molar-refractivity contribution is 6.37. The Morgan fingerprint density at radius 3 is 2.71 bits per heavy atom. The van der Waals surface area contributed by atoms with Crippen molar-refractivity contribution in [3.8, 4) is 0 Å². The van der Waals surface area contributed by atoms with Crippen molar-refractivity contribution in [2.45, 2.75) is 12.5 Å². The quantitative estimate of drug-likeness (QED) is 0.813. The SMILES string of the molecule is O=C(Nc1ccc(Cl)cc1Cl)[C@H]1CC(c2c(F)cccc2Cl)=NO1. The molecule has 124 valence electrons. The lowest BCUT2D eigenvalue weighted by Gasteiger charge is -2.11. The molecule has 24 heavy (non-hydrogen) atoms. The van der Waals surface area contributed by atoms with E-state index in [0.29, 0.717) is 15.7 Å². The standard InChI is InChI=1S/C16H10Cl3FN2O2/c17-8-4-5-12(10(19)6-8)21-16(23)14-7-13(22-24-14)15-9(18)2-1-3-11(15)20/h1-6,14H,7H2,(H,21,23)/t14-/m1/s1. The Balaban J connectivity index is 1.71. The van der Waals surface area contributed by atoms with E-state index in [1.54, 1.807) is 18.2 Å². The highest BCUT2D eigenvalue weighted by Crippen LogP contribution is 2.28. The molecule has 0 fully saturated rings. The first kappa shape index (κ1) is 17.0. The van der Waals surface area contributed by atoms with E-state index in [1.165, 1.54) is 18.2 Å². The maximum absolute atomic E-state index is 13.9. The second-order valence-corrected chi connectivity index (χ2v) is 6.30. The maximum atomic E-state index is 13.9. The van der Waals surface area contributed by atoms with Gasteiger partial charge in [-0.05, 0) is 30.3 Å². The maximum Gasteiger partial charge on any atom is 0.268 e. The fraction of sp³-hybridized carbons (Fsp3) is 0.125. The number of oxime groups is 1. The molecule has 0 unspecified atom stereocenters. The Kier molecular flexibility index (Phi) is 4.94. The molecule has 1 atom stereocenters. The summed E-state index contributed by atoms with van der Waals surface area (Å²) >= 11 is 17.8. The molecule has 3 rings (SSSR count). The zero-order valence-electron chi connectivity index (χ0n) is 12.0. The van der Waals surface area contributed by atoms with Crippen molar-refractivity contribution < 1.29 is 14.0 Å². The number of carbonyl (C=O) groups excluding carboxylic acids is 1. The molecule has 0 spiro atoms. The average Bonchev–Trinajstić information content (AvgIpc) is 2.99. The van der Waals surface area contributed by atoms with Crippen LogP contribution in [0.1, 0.15) is 12.0 Å². The van der Waals surface area contributed by atoms with Crippen LogP contribution in [0.2, 0.25) is 15.1 Å². The lowest BCUT2D eigenvalue weighted by Crippen LogP contribution is -2.28. The van der Waals surface area contributed by atoms with Gasteiger partial charge in [0, 0.05) is 11.4 Å². The molecule has 1 aliphatic heterocycles. The van der Waals surface area contributed by atoms with E-state index in [4.69, 9.17) is 39.6 Å². The Hall–Kier alpha value is -1.82. The summed E-state index contributed by atoms with van der Waals surface area (Å²) in [5.74, 6) is -0.975. The van der Waals surface area contributed by atoms with Crippen molar-refractivity contribution in [3.63, 3.8) is 0 Å². The van der Waals surface area contributed by atoms with Gasteiger partial charge >= 0.3 is 0 Å². The van der Waals surface area contributed by atoms with E-state index in [0.717, 1.165) is 0 Å². The Morgan fingerprint density at radius 1 is 1.21 bits per heavy atom. The van der Waals surface area contributed by atoms with Crippen LogP contribution in [0.4, 0.5) is 10.1 Å². The smallest absolute Gasteiger partial charge is 0.268 e. The molecule has 1 amide bonds. The topological polar surface area (TPSA) is 50.7 Å². The third kappa shape index (κ3) is 3.48. The highest BCUT2D eigenvalue weighted by Gasteiger charge is 2.31.